The molecule has 0 atom stereocenters. The summed E-state index contributed by atoms with van der Waals surface area (Å²) < 4.78 is 4.66. The van der Waals surface area contributed by atoms with Crippen molar-refractivity contribution in [2.45, 2.75) is 6.92 Å². The smallest absolute Gasteiger partial charge is 0.312 e. The van der Waals surface area contributed by atoms with Crippen molar-refractivity contribution < 1.29 is 9.63 Å². The number of nitrogens with zero attached hydrogens (tertiary/aromatic N) is 1. The molecular weight excluding hydrogens is 166 g/mol. The second kappa shape index (κ2) is 2.94. The average Bonchev–Trinajstić information content (AvgIpc) is 2.49. The predicted molar refractivity (Wildman–Crippen MR) is 48.3 cm³/mol. The quantitative estimate of drug-likeness (QED) is 0.723. The van der Waals surface area contributed by atoms with Crippen molar-refractivity contribution in [2.24, 2.45) is 0 Å². The van der Waals surface area contributed by atoms with E-state index < -0.39 is 0 Å². The lowest BCUT2D eigenvalue weighted by Gasteiger charge is -1.94. The predicted octanol–water partition coefficient (Wildman–Crippen LogP) is 2.36. The van der Waals surface area contributed by atoms with E-state index in [1.807, 2.05) is 30.3 Å². The van der Waals surface area contributed by atoms with E-state index in [9.17, 15) is 5.11 Å². The van der Waals surface area contributed by atoms with Gasteiger partial charge in [0, 0.05) is 5.56 Å². The van der Waals surface area contributed by atoms with Crippen LogP contribution in [-0.4, -0.2) is 10.3 Å². The zero-order valence-electron chi connectivity index (χ0n) is 7.19. The Kier molecular flexibility index (Phi) is 1.77. The van der Waals surface area contributed by atoms with Crippen molar-refractivity contribution in [3.8, 4) is 17.2 Å². The molecule has 0 saturated carbocycles. The third kappa shape index (κ3) is 1.28. The van der Waals surface area contributed by atoms with Crippen LogP contribution in [0.1, 0.15) is 5.56 Å². The number of aromatic nitrogens is 1. The molecule has 1 N–H and O–H groups in total. The van der Waals surface area contributed by atoms with Crippen LogP contribution in [0.25, 0.3) is 11.3 Å². The second-order valence-corrected chi connectivity index (χ2v) is 2.83. The maximum atomic E-state index is 9.17. The minimum atomic E-state index is -0.112. The molecule has 1 aromatic carbocycles. The molecule has 0 radical (unpaired) electrons. The van der Waals surface area contributed by atoms with Crippen LogP contribution in [0.5, 0.6) is 5.95 Å². The van der Waals surface area contributed by atoms with Gasteiger partial charge in [-0.3, -0.25) is 0 Å². The van der Waals surface area contributed by atoms with Crippen molar-refractivity contribution in [1.82, 2.24) is 5.16 Å². The van der Waals surface area contributed by atoms with Gasteiger partial charge in [-0.1, -0.05) is 35.5 Å². The van der Waals surface area contributed by atoms with Crippen LogP contribution in [0.15, 0.2) is 34.9 Å². The molecule has 0 fully saturated rings. The number of aromatic hydroxyl groups is 1. The van der Waals surface area contributed by atoms with Gasteiger partial charge < -0.3 is 9.63 Å². The Bertz CT molecular complexity index is 406. The second-order valence-electron chi connectivity index (χ2n) is 2.83. The lowest BCUT2D eigenvalue weighted by Crippen LogP contribution is -1.78. The molecule has 0 unspecified atom stereocenters. The zero-order valence-corrected chi connectivity index (χ0v) is 7.19. The third-order valence-corrected chi connectivity index (χ3v) is 1.95. The van der Waals surface area contributed by atoms with Crippen LogP contribution in [0.3, 0.4) is 0 Å². The number of rotatable bonds is 1. The average molecular weight is 175 g/mol. The lowest BCUT2D eigenvalue weighted by atomic mass is 10.1. The third-order valence-electron chi connectivity index (χ3n) is 1.95. The summed E-state index contributed by atoms with van der Waals surface area (Å²) in [6.45, 7) is 1.77. The van der Waals surface area contributed by atoms with Gasteiger partial charge in [0.25, 0.3) is 0 Å². The fraction of sp³-hybridized carbons (Fsp3) is 0.100. The Morgan fingerprint density at radius 1 is 1.23 bits per heavy atom. The van der Waals surface area contributed by atoms with Crippen LogP contribution in [-0.2, 0) is 0 Å². The maximum Gasteiger partial charge on any atom is 0.312 e. The highest BCUT2D eigenvalue weighted by Crippen LogP contribution is 2.27. The fourth-order valence-corrected chi connectivity index (χ4v) is 1.19. The summed E-state index contributed by atoms with van der Waals surface area (Å²) in [5, 5.41) is 12.9. The van der Waals surface area contributed by atoms with Gasteiger partial charge in [-0.25, -0.2) is 0 Å². The van der Waals surface area contributed by atoms with Gasteiger partial charge in [0.05, 0.1) is 5.56 Å². The number of hydrogen-bond acceptors (Lipinski definition) is 3. The Morgan fingerprint density at radius 2 is 1.92 bits per heavy atom. The number of hydrogen-bond donors (Lipinski definition) is 1. The van der Waals surface area contributed by atoms with Crippen molar-refractivity contribution in [3.63, 3.8) is 0 Å². The molecule has 0 aliphatic heterocycles. The van der Waals surface area contributed by atoms with Crippen molar-refractivity contribution in [2.75, 3.05) is 0 Å². The molecule has 0 aliphatic carbocycles. The van der Waals surface area contributed by atoms with E-state index in [0.29, 0.717) is 11.3 Å². The van der Waals surface area contributed by atoms with Crippen molar-refractivity contribution >= 4 is 0 Å². The summed E-state index contributed by atoms with van der Waals surface area (Å²) in [6, 6.07) is 9.61. The van der Waals surface area contributed by atoms with Gasteiger partial charge in [-0.2, -0.15) is 0 Å². The van der Waals surface area contributed by atoms with E-state index in [1.165, 1.54) is 0 Å². The van der Waals surface area contributed by atoms with Gasteiger partial charge >= 0.3 is 5.95 Å². The molecule has 2 aromatic rings. The van der Waals surface area contributed by atoms with Crippen LogP contribution in [0.4, 0.5) is 0 Å². The van der Waals surface area contributed by atoms with Gasteiger partial charge in [0.2, 0.25) is 0 Å². The van der Waals surface area contributed by atoms with Gasteiger partial charge in [-0.05, 0) is 6.92 Å². The molecule has 0 aliphatic rings. The molecule has 1 heterocycles. The Labute approximate surface area is 75.6 Å². The molecule has 0 bridgehead atoms. The summed E-state index contributed by atoms with van der Waals surface area (Å²) in [7, 11) is 0. The standard InChI is InChI=1S/C10H9NO2/c1-7-9(11-13-10(7)12)8-5-3-2-4-6-8/h2-6,12H,1H3. The molecule has 0 spiro atoms. The topological polar surface area (TPSA) is 46.3 Å². The van der Waals surface area contributed by atoms with Gasteiger partial charge in [0.15, 0.2) is 0 Å². The SMILES string of the molecule is Cc1c(-c2ccccc2)noc1O. The van der Waals surface area contributed by atoms with Crippen LogP contribution < -0.4 is 0 Å². The van der Waals surface area contributed by atoms with Crippen LogP contribution >= 0.6 is 0 Å². The number of benzene rings is 1. The first-order chi connectivity index (χ1) is 6.29. The largest absolute Gasteiger partial charge is 0.479 e. The molecule has 0 saturated heterocycles. The zero-order chi connectivity index (χ0) is 9.26. The summed E-state index contributed by atoms with van der Waals surface area (Å²) in [4.78, 5) is 0. The first-order valence-electron chi connectivity index (χ1n) is 3.99. The highest BCUT2D eigenvalue weighted by atomic mass is 16.5. The molecular formula is C10H9NO2. The first-order valence-corrected chi connectivity index (χ1v) is 3.99. The highest BCUT2D eigenvalue weighted by molar-refractivity contribution is 5.63. The Balaban J connectivity index is 2.53. The van der Waals surface area contributed by atoms with E-state index in [1.54, 1.807) is 6.92 Å². The summed E-state index contributed by atoms with van der Waals surface area (Å²) >= 11 is 0. The van der Waals surface area contributed by atoms with Crippen LogP contribution in [0, 0.1) is 6.92 Å². The molecule has 2 rings (SSSR count). The molecule has 0 amide bonds. The minimum absolute atomic E-state index is 0.112. The Morgan fingerprint density at radius 3 is 2.46 bits per heavy atom. The molecule has 3 nitrogen and oxygen atoms in total. The fourth-order valence-electron chi connectivity index (χ4n) is 1.19. The lowest BCUT2D eigenvalue weighted by molar-refractivity contribution is 0.277. The van der Waals surface area contributed by atoms with Crippen LogP contribution in [0.2, 0.25) is 0 Å². The summed E-state index contributed by atoms with van der Waals surface area (Å²) in [5.74, 6) is -0.112. The van der Waals surface area contributed by atoms with Gasteiger partial charge in [0.1, 0.15) is 5.69 Å². The molecule has 13 heavy (non-hydrogen) atoms. The monoisotopic (exact) mass is 175 g/mol. The van der Waals surface area contributed by atoms with Crippen molar-refractivity contribution in [3.05, 3.63) is 35.9 Å². The van der Waals surface area contributed by atoms with E-state index in [4.69, 9.17) is 0 Å². The van der Waals surface area contributed by atoms with Crippen molar-refractivity contribution in [1.29, 1.82) is 0 Å². The summed E-state index contributed by atoms with van der Waals surface area (Å²) in [6.07, 6.45) is 0. The molecule has 66 valence electrons. The highest BCUT2D eigenvalue weighted by Gasteiger charge is 2.11. The summed E-state index contributed by atoms with van der Waals surface area (Å²) in [5.41, 5.74) is 2.31. The van der Waals surface area contributed by atoms with E-state index in [-0.39, 0.29) is 5.95 Å². The normalized spacial score (nSPS) is 10.2. The molecule has 1 aromatic heterocycles. The molecule has 3 heteroatoms. The Hall–Kier alpha value is -1.77. The van der Waals surface area contributed by atoms with Gasteiger partial charge in [-0.15, -0.1) is 0 Å². The van der Waals surface area contributed by atoms with E-state index in [0.717, 1.165) is 5.56 Å². The minimum Gasteiger partial charge on any atom is -0.479 e. The maximum absolute atomic E-state index is 9.17. The first kappa shape index (κ1) is 7.86. The van der Waals surface area contributed by atoms with E-state index >= 15 is 0 Å². The van der Waals surface area contributed by atoms with E-state index in [2.05, 4.69) is 9.68 Å².